The molecule has 1 saturated heterocycles. The minimum Gasteiger partial charge on any atom is -0.389 e. The lowest BCUT2D eigenvalue weighted by Crippen LogP contribution is -2.49. The number of hydrogen-bond acceptors (Lipinski definition) is 6. The average molecular weight is 379 g/mol. The third-order valence-electron chi connectivity index (χ3n) is 4.41. The van der Waals surface area contributed by atoms with E-state index in [1.165, 1.54) is 0 Å². The van der Waals surface area contributed by atoms with Crippen molar-refractivity contribution in [3.63, 3.8) is 0 Å². The van der Waals surface area contributed by atoms with Crippen LogP contribution in [0, 0.1) is 5.92 Å². The van der Waals surface area contributed by atoms with E-state index in [4.69, 9.17) is 4.74 Å². The standard InChI is InChI=1S/C20H34N4O3/c1-15(2)11-20(26)22-17-5-6-19(21-12-17)24-9-7-23(8-10-24)13-18(25)14-27-16(3)4/h5-6,12,15-16,18,25H,7-11,13-14H2,1-4H3,(H,22,26)/t18-/m1/s1. The number of rotatable bonds is 9. The molecule has 1 aliphatic heterocycles. The number of amides is 1. The normalized spacial score (nSPS) is 16.8. The molecule has 0 unspecified atom stereocenters. The zero-order chi connectivity index (χ0) is 19.8. The third kappa shape index (κ3) is 7.82. The second-order valence-corrected chi connectivity index (χ2v) is 7.87. The highest BCUT2D eigenvalue weighted by Crippen LogP contribution is 2.17. The first-order valence-electron chi connectivity index (χ1n) is 9.86. The van der Waals surface area contributed by atoms with Gasteiger partial charge in [0.05, 0.1) is 30.7 Å². The first-order chi connectivity index (χ1) is 12.8. The van der Waals surface area contributed by atoms with Crippen LogP contribution in [0.2, 0.25) is 0 Å². The average Bonchev–Trinajstić information content (AvgIpc) is 2.60. The molecule has 27 heavy (non-hydrogen) atoms. The molecule has 1 fully saturated rings. The molecule has 152 valence electrons. The van der Waals surface area contributed by atoms with Crippen molar-refractivity contribution in [3.05, 3.63) is 18.3 Å². The first-order valence-corrected chi connectivity index (χ1v) is 9.86. The van der Waals surface area contributed by atoms with Crippen molar-refractivity contribution in [2.24, 2.45) is 5.92 Å². The third-order valence-corrected chi connectivity index (χ3v) is 4.41. The Kier molecular flexibility index (Phi) is 8.47. The van der Waals surface area contributed by atoms with Crippen molar-refractivity contribution < 1.29 is 14.6 Å². The number of piperazine rings is 1. The Morgan fingerprint density at radius 3 is 2.48 bits per heavy atom. The Labute approximate surface area is 162 Å². The summed E-state index contributed by atoms with van der Waals surface area (Å²) in [7, 11) is 0. The molecule has 1 atom stereocenters. The van der Waals surface area contributed by atoms with Gasteiger partial charge < -0.3 is 20.1 Å². The predicted molar refractivity (Wildman–Crippen MR) is 108 cm³/mol. The molecule has 1 aliphatic rings. The zero-order valence-electron chi connectivity index (χ0n) is 17.0. The van der Waals surface area contributed by atoms with E-state index in [-0.39, 0.29) is 12.0 Å². The van der Waals surface area contributed by atoms with Crippen LogP contribution in [0.1, 0.15) is 34.1 Å². The van der Waals surface area contributed by atoms with Gasteiger partial charge in [0.15, 0.2) is 0 Å². The van der Waals surface area contributed by atoms with Crippen LogP contribution in [0.4, 0.5) is 11.5 Å². The zero-order valence-corrected chi connectivity index (χ0v) is 17.0. The number of aliphatic hydroxyl groups is 1. The number of pyridine rings is 1. The SMILES string of the molecule is CC(C)CC(=O)Nc1ccc(N2CCN(C[C@@H](O)COC(C)C)CC2)nc1. The summed E-state index contributed by atoms with van der Waals surface area (Å²) in [6.45, 7) is 12.5. The molecule has 1 aromatic heterocycles. The van der Waals surface area contributed by atoms with E-state index < -0.39 is 6.10 Å². The highest BCUT2D eigenvalue weighted by Gasteiger charge is 2.20. The van der Waals surface area contributed by atoms with Crippen molar-refractivity contribution in [3.8, 4) is 0 Å². The highest BCUT2D eigenvalue weighted by atomic mass is 16.5. The maximum atomic E-state index is 11.8. The molecule has 0 bridgehead atoms. The first kappa shape index (κ1) is 21.6. The number of aromatic nitrogens is 1. The smallest absolute Gasteiger partial charge is 0.224 e. The summed E-state index contributed by atoms with van der Waals surface area (Å²) in [4.78, 5) is 20.8. The minimum absolute atomic E-state index is 0.0215. The summed E-state index contributed by atoms with van der Waals surface area (Å²) < 4.78 is 5.47. The lowest BCUT2D eigenvalue weighted by atomic mass is 10.1. The molecule has 1 amide bonds. The molecule has 7 heteroatoms. The van der Waals surface area contributed by atoms with E-state index in [1.54, 1.807) is 6.20 Å². The van der Waals surface area contributed by atoms with E-state index in [0.717, 1.165) is 37.7 Å². The number of aliphatic hydroxyl groups excluding tert-OH is 1. The summed E-state index contributed by atoms with van der Waals surface area (Å²) in [6, 6.07) is 3.85. The van der Waals surface area contributed by atoms with Crippen LogP contribution in [0.15, 0.2) is 18.3 Å². The van der Waals surface area contributed by atoms with Gasteiger partial charge in [0.2, 0.25) is 5.91 Å². The largest absolute Gasteiger partial charge is 0.389 e. The summed E-state index contributed by atoms with van der Waals surface area (Å²) in [5.41, 5.74) is 0.733. The van der Waals surface area contributed by atoms with Crippen molar-refractivity contribution in [2.75, 3.05) is 49.5 Å². The molecule has 0 saturated carbocycles. The summed E-state index contributed by atoms with van der Waals surface area (Å²) in [5.74, 6) is 1.28. The van der Waals surface area contributed by atoms with Gasteiger partial charge >= 0.3 is 0 Å². The summed E-state index contributed by atoms with van der Waals surface area (Å²) in [5, 5.41) is 12.9. The van der Waals surface area contributed by atoms with E-state index in [9.17, 15) is 9.90 Å². The predicted octanol–water partition coefficient (Wildman–Crippen LogP) is 1.97. The fourth-order valence-electron chi connectivity index (χ4n) is 3.04. The van der Waals surface area contributed by atoms with Crippen molar-refractivity contribution in [2.45, 2.75) is 46.3 Å². The van der Waals surface area contributed by atoms with Gasteiger partial charge in [0, 0.05) is 39.1 Å². The molecular weight excluding hydrogens is 344 g/mol. The summed E-state index contributed by atoms with van der Waals surface area (Å²) in [6.07, 6.45) is 1.91. The van der Waals surface area contributed by atoms with Crippen LogP contribution < -0.4 is 10.2 Å². The van der Waals surface area contributed by atoms with Crippen LogP contribution in [-0.4, -0.2) is 72.4 Å². The van der Waals surface area contributed by atoms with Crippen LogP contribution in [0.25, 0.3) is 0 Å². The molecule has 1 aromatic rings. The van der Waals surface area contributed by atoms with E-state index in [2.05, 4.69) is 20.1 Å². The van der Waals surface area contributed by atoms with Gasteiger partial charge in [-0.3, -0.25) is 9.69 Å². The Hall–Kier alpha value is -1.70. The topological polar surface area (TPSA) is 77.9 Å². The number of anilines is 2. The Morgan fingerprint density at radius 2 is 1.93 bits per heavy atom. The number of β-amino-alcohol motifs (C(OH)–C–C–N with tert-alkyl or cyclic N) is 1. The Morgan fingerprint density at radius 1 is 1.22 bits per heavy atom. The minimum atomic E-state index is -0.453. The number of carbonyl (C=O) groups excluding carboxylic acids is 1. The number of hydrogen-bond donors (Lipinski definition) is 2. The maximum Gasteiger partial charge on any atom is 0.224 e. The van der Waals surface area contributed by atoms with Crippen molar-refractivity contribution in [1.29, 1.82) is 0 Å². The second kappa shape index (κ2) is 10.6. The van der Waals surface area contributed by atoms with Crippen LogP contribution in [-0.2, 0) is 9.53 Å². The fourth-order valence-corrected chi connectivity index (χ4v) is 3.04. The number of carbonyl (C=O) groups is 1. The van der Waals surface area contributed by atoms with Gasteiger partial charge in [-0.05, 0) is 31.9 Å². The van der Waals surface area contributed by atoms with Crippen molar-refractivity contribution >= 4 is 17.4 Å². The van der Waals surface area contributed by atoms with Gasteiger partial charge in [-0.25, -0.2) is 4.98 Å². The van der Waals surface area contributed by atoms with Gasteiger partial charge in [-0.1, -0.05) is 13.8 Å². The second-order valence-electron chi connectivity index (χ2n) is 7.87. The molecular formula is C20H34N4O3. The van der Waals surface area contributed by atoms with Crippen molar-refractivity contribution in [1.82, 2.24) is 9.88 Å². The van der Waals surface area contributed by atoms with E-state index >= 15 is 0 Å². The quantitative estimate of drug-likeness (QED) is 0.684. The van der Waals surface area contributed by atoms with Crippen LogP contribution in [0.5, 0.6) is 0 Å². The Bertz CT molecular complexity index is 569. The highest BCUT2D eigenvalue weighted by molar-refractivity contribution is 5.90. The molecule has 0 aromatic carbocycles. The van der Waals surface area contributed by atoms with Crippen LogP contribution >= 0.6 is 0 Å². The fraction of sp³-hybridized carbons (Fsp3) is 0.700. The van der Waals surface area contributed by atoms with Crippen LogP contribution in [0.3, 0.4) is 0 Å². The number of ether oxygens (including phenoxy) is 1. The molecule has 0 radical (unpaired) electrons. The van der Waals surface area contributed by atoms with E-state index in [0.29, 0.717) is 25.5 Å². The molecule has 7 nitrogen and oxygen atoms in total. The monoisotopic (exact) mass is 378 g/mol. The van der Waals surface area contributed by atoms with E-state index in [1.807, 2.05) is 39.8 Å². The van der Waals surface area contributed by atoms with Gasteiger partial charge in [0.1, 0.15) is 5.82 Å². The molecule has 0 aliphatic carbocycles. The Balaban J connectivity index is 1.76. The lowest BCUT2D eigenvalue weighted by Gasteiger charge is -2.36. The molecule has 2 N–H and O–H groups in total. The number of nitrogens with zero attached hydrogens (tertiary/aromatic N) is 3. The van der Waals surface area contributed by atoms with Gasteiger partial charge in [-0.15, -0.1) is 0 Å². The molecule has 2 rings (SSSR count). The molecule has 2 heterocycles. The van der Waals surface area contributed by atoms with Gasteiger partial charge in [-0.2, -0.15) is 0 Å². The molecule has 0 spiro atoms. The maximum absolute atomic E-state index is 11.8. The summed E-state index contributed by atoms with van der Waals surface area (Å²) >= 11 is 0. The number of nitrogens with one attached hydrogen (secondary N) is 1. The van der Waals surface area contributed by atoms with Gasteiger partial charge in [0.25, 0.3) is 0 Å². The lowest BCUT2D eigenvalue weighted by molar-refractivity contribution is -0.116.